The van der Waals surface area contributed by atoms with E-state index in [0.29, 0.717) is 30.5 Å². The summed E-state index contributed by atoms with van der Waals surface area (Å²) < 4.78 is 48.4. The Morgan fingerprint density at radius 1 is 1.08 bits per heavy atom. The van der Waals surface area contributed by atoms with Crippen LogP contribution in [0.3, 0.4) is 0 Å². The van der Waals surface area contributed by atoms with Gasteiger partial charge in [-0.2, -0.15) is 18.3 Å². The maximum absolute atomic E-state index is 13.2. The second-order valence-electron chi connectivity index (χ2n) is 10.9. The molecule has 0 amide bonds. The molecule has 0 N–H and O–H groups in total. The largest absolute Gasteiger partial charge is 0.480 e. The number of pyridine rings is 1. The number of imidazole rings is 1. The van der Waals surface area contributed by atoms with Gasteiger partial charge in [0.15, 0.2) is 5.69 Å². The smallest absolute Gasteiger partial charge is 0.434 e. The molecular weight excluding hydrogens is 509 g/mol. The molecule has 4 aromatic rings. The molecule has 1 saturated carbocycles. The first kappa shape index (κ1) is 25.3. The van der Waals surface area contributed by atoms with Crippen molar-refractivity contribution in [1.82, 2.24) is 34.3 Å². The second-order valence-corrected chi connectivity index (χ2v) is 10.9. The number of aromatic nitrogens is 7. The van der Waals surface area contributed by atoms with E-state index in [2.05, 4.69) is 38.7 Å². The third-order valence-corrected chi connectivity index (χ3v) is 7.45. The van der Waals surface area contributed by atoms with E-state index in [4.69, 9.17) is 9.84 Å². The van der Waals surface area contributed by atoms with Crippen LogP contribution >= 0.6 is 0 Å². The molecule has 0 aromatic carbocycles. The predicted molar refractivity (Wildman–Crippen MR) is 138 cm³/mol. The second kappa shape index (κ2) is 8.78. The number of fused-ring (bicyclic) bond motifs is 1. The molecule has 0 bridgehead atoms. The molecule has 6 rings (SSSR count). The van der Waals surface area contributed by atoms with E-state index in [9.17, 15) is 13.2 Å². The maximum atomic E-state index is 13.2. The van der Waals surface area contributed by atoms with Crippen molar-refractivity contribution in [3.05, 3.63) is 53.5 Å². The van der Waals surface area contributed by atoms with Crippen LogP contribution in [0, 0.1) is 0 Å². The Labute approximate surface area is 223 Å². The summed E-state index contributed by atoms with van der Waals surface area (Å²) in [6, 6.07) is 3.59. The number of anilines is 1. The van der Waals surface area contributed by atoms with Gasteiger partial charge in [0.2, 0.25) is 5.88 Å². The summed E-state index contributed by atoms with van der Waals surface area (Å²) in [6.07, 6.45) is 1.76. The SMILES string of the molecule is COc1ncnc(C2CC2)c1-c1nn(C)c2c1CN(c1ccc(-c3nc(C(F)(F)F)cn3C)cn1)CC2(C)C. The molecule has 1 fully saturated rings. The normalized spacial score (nSPS) is 16.9. The molecule has 12 heteroatoms. The van der Waals surface area contributed by atoms with E-state index in [1.807, 2.05) is 17.8 Å². The number of aryl methyl sites for hydroxylation is 2. The lowest BCUT2D eigenvalue weighted by atomic mass is 9.81. The Bertz CT molecular complexity index is 1550. The first-order chi connectivity index (χ1) is 18.5. The van der Waals surface area contributed by atoms with Crippen molar-refractivity contribution in [3.8, 4) is 28.5 Å². The van der Waals surface area contributed by atoms with Crippen molar-refractivity contribution >= 4 is 5.82 Å². The van der Waals surface area contributed by atoms with E-state index < -0.39 is 11.9 Å². The third-order valence-electron chi connectivity index (χ3n) is 7.45. The molecule has 0 unspecified atom stereocenters. The van der Waals surface area contributed by atoms with Gasteiger partial charge in [0, 0.05) is 62.0 Å². The Balaban J connectivity index is 1.38. The van der Waals surface area contributed by atoms with Gasteiger partial charge < -0.3 is 14.2 Å². The number of methoxy groups -OCH3 is 1. The fraction of sp³-hybridized carbons (Fsp3) is 0.444. The van der Waals surface area contributed by atoms with Crippen LogP contribution in [0.1, 0.15) is 55.3 Å². The molecule has 0 saturated heterocycles. The number of rotatable bonds is 5. The van der Waals surface area contributed by atoms with Gasteiger partial charge in [-0.3, -0.25) is 4.68 Å². The summed E-state index contributed by atoms with van der Waals surface area (Å²) in [4.78, 5) is 19.6. The Kier molecular flexibility index (Phi) is 5.70. The van der Waals surface area contributed by atoms with Gasteiger partial charge >= 0.3 is 6.18 Å². The Hall–Kier alpha value is -3.96. The highest BCUT2D eigenvalue weighted by atomic mass is 19.4. The molecule has 4 aromatic heterocycles. The lowest BCUT2D eigenvalue weighted by Gasteiger charge is -2.39. The van der Waals surface area contributed by atoms with Crippen LogP contribution in [0.2, 0.25) is 0 Å². The van der Waals surface area contributed by atoms with Crippen LogP contribution in [0.15, 0.2) is 30.9 Å². The molecule has 0 spiro atoms. The third kappa shape index (κ3) is 4.31. The highest BCUT2D eigenvalue weighted by Gasteiger charge is 2.40. The zero-order valence-electron chi connectivity index (χ0n) is 22.4. The number of ether oxygens (including phenoxy) is 1. The van der Waals surface area contributed by atoms with Crippen molar-refractivity contribution in [3.63, 3.8) is 0 Å². The number of alkyl halides is 3. The summed E-state index contributed by atoms with van der Waals surface area (Å²) in [5.41, 5.74) is 4.13. The van der Waals surface area contributed by atoms with Gasteiger partial charge in [0.25, 0.3) is 0 Å². The summed E-state index contributed by atoms with van der Waals surface area (Å²) >= 11 is 0. The first-order valence-corrected chi connectivity index (χ1v) is 12.8. The highest BCUT2D eigenvalue weighted by Crippen LogP contribution is 2.48. The van der Waals surface area contributed by atoms with Crippen LogP contribution in [0.4, 0.5) is 19.0 Å². The molecule has 1 aliphatic carbocycles. The van der Waals surface area contributed by atoms with Crippen LogP contribution in [-0.4, -0.2) is 47.9 Å². The van der Waals surface area contributed by atoms with Gasteiger partial charge in [-0.05, 0) is 25.0 Å². The average Bonchev–Trinajstić information content (AvgIpc) is 3.57. The quantitative estimate of drug-likeness (QED) is 0.358. The summed E-state index contributed by atoms with van der Waals surface area (Å²) in [5.74, 6) is 1.82. The van der Waals surface area contributed by atoms with Crippen LogP contribution < -0.4 is 9.64 Å². The molecular formula is C27H29F3N8O. The first-order valence-electron chi connectivity index (χ1n) is 12.8. The van der Waals surface area contributed by atoms with Gasteiger partial charge in [-0.25, -0.2) is 19.9 Å². The standard InChI is InChI=1S/C27H29F3N8O/c1-26(2)13-38(19-9-8-16(10-31-19)24-34-18(12-36(24)3)27(28,29)30)11-17-22(35-37(4)23(17)26)20-21(15-6-7-15)32-14-33-25(20)39-5/h8-10,12,14-15H,6-7,11,13H2,1-5H3. The Morgan fingerprint density at radius 3 is 2.46 bits per heavy atom. The van der Waals surface area contributed by atoms with Crippen LogP contribution in [0.25, 0.3) is 22.6 Å². The fourth-order valence-electron chi connectivity index (χ4n) is 5.73. The topological polar surface area (TPSA) is 86.8 Å². The highest BCUT2D eigenvalue weighted by molar-refractivity contribution is 5.74. The van der Waals surface area contributed by atoms with Crippen LogP contribution in [0.5, 0.6) is 5.88 Å². The summed E-state index contributed by atoms with van der Waals surface area (Å²) in [6.45, 7) is 5.58. The lowest BCUT2D eigenvalue weighted by molar-refractivity contribution is -0.140. The van der Waals surface area contributed by atoms with Crippen molar-refractivity contribution in [2.45, 2.75) is 50.7 Å². The zero-order chi connectivity index (χ0) is 27.7. The van der Waals surface area contributed by atoms with E-state index in [1.165, 1.54) is 4.57 Å². The molecule has 2 aliphatic rings. The minimum absolute atomic E-state index is 0.209. The number of hydrogen-bond acceptors (Lipinski definition) is 7. The van der Waals surface area contributed by atoms with Crippen LogP contribution in [-0.2, 0) is 32.2 Å². The number of hydrogen-bond donors (Lipinski definition) is 0. The predicted octanol–water partition coefficient (Wildman–Crippen LogP) is 4.88. The van der Waals surface area contributed by atoms with Crippen molar-refractivity contribution in [2.75, 3.05) is 18.6 Å². The van der Waals surface area contributed by atoms with Gasteiger partial charge in [-0.15, -0.1) is 0 Å². The molecule has 5 heterocycles. The molecule has 9 nitrogen and oxygen atoms in total. The maximum Gasteiger partial charge on any atom is 0.434 e. The van der Waals surface area contributed by atoms with Crippen molar-refractivity contribution in [2.24, 2.45) is 14.1 Å². The van der Waals surface area contributed by atoms with Gasteiger partial charge in [0.1, 0.15) is 23.7 Å². The molecule has 204 valence electrons. The monoisotopic (exact) mass is 538 g/mol. The van der Waals surface area contributed by atoms with Crippen molar-refractivity contribution < 1.29 is 17.9 Å². The molecule has 1 aliphatic heterocycles. The van der Waals surface area contributed by atoms with Crippen molar-refractivity contribution in [1.29, 1.82) is 0 Å². The van der Waals surface area contributed by atoms with E-state index >= 15 is 0 Å². The minimum atomic E-state index is -4.51. The van der Waals surface area contributed by atoms with E-state index in [0.717, 1.165) is 53.1 Å². The summed E-state index contributed by atoms with van der Waals surface area (Å²) in [7, 11) is 5.11. The van der Waals surface area contributed by atoms with Gasteiger partial charge in [0.05, 0.1) is 24.1 Å². The molecule has 0 atom stereocenters. The number of nitrogens with zero attached hydrogens (tertiary/aromatic N) is 8. The fourth-order valence-corrected chi connectivity index (χ4v) is 5.73. The average molecular weight is 539 g/mol. The van der Waals surface area contributed by atoms with E-state index in [-0.39, 0.29) is 11.2 Å². The lowest BCUT2D eigenvalue weighted by Crippen LogP contribution is -2.43. The van der Waals surface area contributed by atoms with E-state index in [1.54, 1.807) is 32.7 Å². The molecule has 39 heavy (non-hydrogen) atoms. The number of halogens is 3. The zero-order valence-corrected chi connectivity index (χ0v) is 22.4. The molecule has 0 radical (unpaired) electrons. The minimum Gasteiger partial charge on any atom is -0.480 e. The Morgan fingerprint density at radius 2 is 1.85 bits per heavy atom. The van der Waals surface area contributed by atoms with Gasteiger partial charge in [-0.1, -0.05) is 13.8 Å². The summed E-state index contributed by atoms with van der Waals surface area (Å²) in [5, 5.41) is 4.96.